The van der Waals surface area contributed by atoms with E-state index in [1.54, 1.807) is 31.2 Å². The van der Waals surface area contributed by atoms with Gasteiger partial charge in [0.05, 0.1) is 31.8 Å². The molecule has 0 saturated carbocycles. The number of nitrogens with one attached hydrogen (secondary N) is 1. The largest absolute Gasteiger partial charge is 0.399 e. The summed E-state index contributed by atoms with van der Waals surface area (Å²) in [6.07, 6.45) is 0. The smallest absolute Gasteiger partial charge is 0.299 e. The summed E-state index contributed by atoms with van der Waals surface area (Å²) < 4.78 is 0. The number of aryl methyl sites for hydroxylation is 1. The molecule has 0 aromatic heterocycles. The monoisotopic (exact) mass is 713 g/mol. The Bertz CT molecular complexity index is 1640. The lowest BCUT2D eigenvalue weighted by molar-refractivity contribution is -0.394. The fourth-order valence-corrected chi connectivity index (χ4v) is 3.79. The highest BCUT2D eigenvalue weighted by atomic mass is 35.5. The van der Waals surface area contributed by atoms with E-state index in [-0.39, 0.29) is 34.8 Å². The lowest BCUT2D eigenvalue weighted by atomic mass is 10.2. The van der Waals surface area contributed by atoms with Crippen LogP contribution in [0.5, 0.6) is 0 Å². The Morgan fingerprint density at radius 1 is 0.638 bits per heavy atom. The summed E-state index contributed by atoms with van der Waals surface area (Å²) in [5, 5.41) is 52.2. The van der Waals surface area contributed by atoms with Gasteiger partial charge in [0.15, 0.2) is 0 Å². The van der Waals surface area contributed by atoms with Crippen LogP contribution >= 0.6 is 34.8 Å². The van der Waals surface area contributed by atoms with E-state index in [9.17, 15) is 40.5 Å². The predicted molar refractivity (Wildman–Crippen MR) is 184 cm³/mol. The highest BCUT2D eigenvalue weighted by molar-refractivity contribution is 6.37. The van der Waals surface area contributed by atoms with Crippen LogP contribution in [0.4, 0.5) is 45.5 Å². The number of anilines is 4. The molecule has 0 bridgehead atoms. The summed E-state index contributed by atoms with van der Waals surface area (Å²) in [5.74, 6) is 0. The first-order valence-electron chi connectivity index (χ1n) is 12.5. The molecule has 4 aromatic rings. The number of rotatable bonds is 6. The standard InChI is InChI=1S/C12H9ClN4O4.C7H9N.C6H2Cl2N2O4.C2H6O.CH4/c13-9-5-10(15-8-3-1-7(14)2-4-8)12(17(20)21)6-11(9)16(18)19;1-6-2-4-7(8)5-3-6;7-3-1-4(8)6(10(13)14)2-5(3)9(11)12;1-2-3;/h1-6,15H,14H2;2-5H,8H2,1H3;1-2H;3H,2H2,1H3;1H4. The van der Waals surface area contributed by atoms with Crippen LogP contribution in [0.2, 0.25) is 15.1 Å². The molecule has 4 rings (SSSR count). The molecular formula is C28H30Cl3N7O9. The maximum absolute atomic E-state index is 11.0. The van der Waals surface area contributed by atoms with E-state index < -0.39 is 42.4 Å². The quantitative estimate of drug-likeness (QED) is 0.0832. The number of nitro groups is 4. The second-order valence-corrected chi connectivity index (χ2v) is 9.80. The third-order valence-electron chi connectivity index (χ3n) is 5.14. The average Bonchev–Trinajstić information content (AvgIpc) is 2.96. The summed E-state index contributed by atoms with van der Waals surface area (Å²) in [5.41, 5.74) is 12.1. The number of aliphatic hydroxyl groups is 1. The van der Waals surface area contributed by atoms with Crippen molar-refractivity contribution < 1.29 is 24.8 Å². The molecule has 47 heavy (non-hydrogen) atoms. The van der Waals surface area contributed by atoms with Crippen molar-refractivity contribution in [1.82, 2.24) is 0 Å². The molecule has 0 saturated heterocycles. The van der Waals surface area contributed by atoms with Gasteiger partial charge in [-0.1, -0.05) is 59.9 Å². The fourth-order valence-electron chi connectivity index (χ4n) is 3.04. The van der Waals surface area contributed by atoms with Gasteiger partial charge in [0.2, 0.25) is 0 Å². The van der Waals surface area contributed by atoms with E-state index in [0.29, 0.717) is 11.4 Å². The number of hydrogen-bond donors (Lipinski definition) is 4. The molecule has 0 aliphatic carbocycles. The summed E-state index contributed by atoms with van der Waals surface area (Å²) >= 11 is 16.7. The summed E-state index contributed by atoms with van der Waals surface area (Å²) in [4.78, 5) is 39.4. The van der Waals surface area contributed by atoms with Crippen molar-refractivity contribution in [1.29, 1.82) is 0 Å². The van der Waals surface area contributed by atoms with Crippen molar-refractivity contribution in [2.24, 2.45) is 0 Å². The van der Waals surface area contributed by atoms with E-state index in [0.717, 1.165) is 30.0 Å². The highest BCUT2D eigenvalue weighted by Crippen LogP contribution is 2.37. The van der Waals surface area contributed by atoms with Crippen molar-refractivity contribution in [2.75, 3.05) is 23.4 Å². The Kier molecular flexibility index (Phi) is 17.7. The van der Waals surface area contributed by atoms with Gasteiger partial charge in [0, 0.05) is 23.7 Å². The predicted octanol–water partition coefficient (Wildman–Crippen LogP) is 8.50. The highest BCUT2D eigenvalue weighted by Gasteiger charge is 2.24. The van der Waals surface area contributed by atoms with Gasteiger partial charge in [-0.05, 0) is 62.4 Å². The normalized spacial score (nSPS) is 9.40. The van der Waals surface area contributed by atoms with Crippen LogP contribution in [-0.2, 0) is 0 Å². The SMILES string of the molecule is C.CCO.Cc1ccc(N)cc1.Nc1ccc(Nc2cc(Cl)c([N+](=O)[O-])cc2[N+](=O)[O-])cc1.O=[N+]([O-])c1cc([N+](=O)[O-])c(Cl)cc1Cl. The van der Waals surface area contributed by atoms with Crippen LogP contribution in [0.25, 0.3) is 0 Å². The molecule has 0 heterocycles. The minimum Gasteiger partial charge on any atom is -0.399 e. The molecule has 0 unspecified atom stereocenters. The maximum Gasteiger partial charge on any atom is 0.299 e. The molecular weight excluding hydrogens is 685 g/mol. The van der Waals surface area contributed by atoms with Crippen LogP contribution in [0, 0.1) is 47.4 Å². The van der Waals surface area contributed by atoms with Gasteiger partial charge in [-0.3, -0.25) is 40.5 Å². The van der Waals surface area contributed by atoms with E-state index in [4.69, 9.17) is 51.4 Å². The Morgan fingerprint density at radius 2 is 0.957 bits per heavy atom. The topological polar surface area (TPSA) is 257 Å². The molecule has 19 heteroatoms. The minimum absolute atomic E-state index is 0. The lowest BCUT2D eigenvalue weighted by Gasteiger charge is -2.08. The molecule has 6 N–H and O–H groups in total. The van der Waals surface area contributed by atoms with Gasteiger partial charge in [-0.2, -0.15) is 0 Å². The van der Waals surface area contributed by atoms with Crippen molar-refractivity contribution in [2.45, 2.75) is 21.3 Å². The van der Waals surface area contributed by atoms with Crippen LogP contribution in [0.3, 0.4) is 0 Å². The lowest BCUT2D eigenvalue weighted by Crippen LogP contribution is -1.99. The van der Waals surface area contributed by atoms with Crippen LogP contribution in [-0.4, -0.2) is 31.4 Å². The zero-order valence-electron chi connectivity index (χ0n) is 23.9. The molecule has 0 aliphatic heterocycles. The Morgan fingerprint density at radius 3 is 1.30 bits per heavy atom. The van der Waals surface area contributed by atoms with Crippen molar-refractivity contribution in [3.8, 4) is 0 Å². The number of nitrogens with zero attached hydrogens (tertiary/aromatic N) is 4. The van der Waals surface area contributed by atoms with Gasteiger partial charge < -0.3 is 21.9 Å². The second kappa shape index (κ2) is 20.0. The zero-order valence-corrected chi connectivity index (χ0v) is 26.2. The number of aliphatic hydroxyl groups excluding tert-OH is 1. The molecule has 0 amide bonds. The maximum atomic E-state index is 11.0. The van der Waals surface area contributed by atoms with E-state index in [2.05, 4.69) is 5.32 Å². The Balaban J connectivity index is 0.000000700. The van der Waals surface area contributed by atoms with E-state index in [1.807, 2.05) is 31.2 Å². The van der Waals surface area contributed by atoms with E-state index in [1.165, 1.54) is 5.56 Å². The zero-order chi connectivity index (χ0) is 35.1. The third-order valence-corrected chi connectivity index (χ3v) is 6.04. The number of nitro benzene ring substituents is 4. The number of benzene rings is 4. The first kappa shape index (κ1) is 41.7. The summed E-state index contributed by atoms with van der Waals surface area (Å²) in [6.45, 7) is 3.97. The van der Waals surface area contributed by atoms with Crippen LogP contribution < -0.4 is 16.8 Å². The van der Waals surface area contributed by atoms with Crippen LogP contribution in [0.15, 0.2) is 72.8 Å². The molecule has 0 aliphatic rings. The van der Waals surface area contributed by atoms with Crippen molar-refractivity contribution >= 4 is 80.3 Å². The number of nitrogen functional groups attached to an aromatic ring is 2. The van der Waals surface area contributed by atoms with Gasteiger partial charge in [-0.25, -0.2) is 0 Å². The van der Waals surface area contributed by atoms with Gasteiger partial charge >= 0.3 is 0 Å². The third kappa shape index (κ3) is 13.7. The molecule has 0 atom stereocenters. The first-order valence-corrected chi connectivity index (χ1v) is 13.6. The van der Waals surface area contributed by atoms with Gasteiger partial charge in [-0.15, -0.1) is 0 Å². The fraction of sp³-hybridized carbons (Fsp3) is 0.143. The Labute approximate surface area is 283 Å². The molecule has 0 radical (unpaired) electrons. The molecule has 252 valence electrons. The number of hydrogen-bond acceptors (Lipinski definition) is 12. The molecule has 0 fully saturated rings. The van der Waals surface area contributed by atoms with Crippen LogP contribution in [0.1, 0.15) is 19.9 Å². The minimum atomic E-state index is -0.814. The summed E-state index contributed by atoms with van der Waals surface area (Å²) in [6, 6.07) is 17.9. The molecule has 16 nitrogen and oxygen atoms in total. The van der Waals surface area contributed by atoms with Gasteiger partial charge in [0.25, 0.3) is 22.7 Å². The Hall–Kier alpha value is -5.29. The van der Waals surface area contributed by atoms with Crippen molar-refractivity contribution in [3.05, 3.63) is 134 Å². The molecule has 0 spiro atoms. The molecule has 4 aromatic carbocycles. The van der Waals surface area contributed by atoms with Gasteiger partial charge in [0.1, 0.15) is 20.8 Å². The number of nitrogens with two attached hydrogens (primary N) is 2. The number of halogens is 3. The summed E-state index contributed by atoms with van der Waals surface area (Å²) in [7, 11) is 0. The first-order chi connectivity index (χ1) is 21.5. The average molecular weight is 715 g/mol. The van der Waals surface area contributed by atoms with Crippen molar-refractivity contribution in [3.63, 3.8) is 0 Å². The van der Waals surface area contributed by atoms with E-state index >= 15 is 0 Å². The second-order valence-electron chi connectivity index (χ2n) is 8.58.